The molecule has 5 aromatic rings. The molecule has 9 heteroatoms. The van der Waals surface area contributed by atoms with Crippen molar-refractivity contribution in [1.29, 1.82) is 0 Å². The van der Waals surface area contributed by atoms with E-state index in [0.29, 0.717) is 11.4 Å². The quantitative estimate of drug-likeness (QED) is 0.415. The van der Waals surface area contributed by atoms with Crippen LogP contribution in [0.2, 0.25) is 0 Å². The second kappa shape index (κ2) is 8.02. The fourth-order valence-corrected chi connectivity index (χ4v) is 4.86. The number of furan rings is 1. The van der Waals surface area contributed by atoms with Gasteiger partial charge >= 0.3 is 0 Å². The lowest BCUT2D eigenvalue weighted by Gasteiger charge is -2.31. The van der Waals surface area contributed by atoms with Crippen molar-refractivity contribution in [3.8, 4) is 22.5 Å². The van der Waals surface area contributed by atoms with Gasteiger partial charge < -0.3 is 19.6 Å². The molecule has 9 nitrogen and oxygen atoms in total. The van der Waals surface area contributed by atoms with Gasteiger partial charge in [-0.2, -0.15) is 5.10 Å². The van der Waals surface area contributed by atoms with Crippen LogP contribution in [0.15, 0.2) is 53.7 Å². The van der Waals surface area contributed by atoms with Gasteiger partial charge in [-0.05, 0) is 25.0 Å². The van der Waals surface area contributed by atoms with Gasteiger partial charge in [-0.25, -0.2) is 4.98 Å². The van der Waals surface area contributed by atoms with Gasteiger partial charge in [-0.15, -0.1) is 0 Å². The van der Waals surface area contributed by atoms with Crippen molar-refractivity contribution in [3.63, 3.8) is 0 Å². The molecule has 6 heterocycles. The fourth-order valence-electron chi connectivity index (χ4n) is 4.86. The van der Waals surface area contributed by atoms with Gasteiger partial charge in [0.05, 0.1) is 24.0 Å². The monoisotopic (exact) mass is 455 g/mol. The number of amides is 1. The summed E-state index contributed by atoms with van der Waals surface area (Å²) in [5, 5.41) is 9.83. The molecule has 0 aliphatic carbocycles. The van der Waals surface area contributed by atoms with Gasteiger partial charge in [0.2, 0.25) is 5.91 Å². The second-order valence-electron chi connectivity index (χ2n) is 8.69. The van der Waals surface area contributed by atoms with Crippen LogP contribution in [0, 0.1) is 0 Å². The van der Waals surface area contributed by atoms with Crippen molar-refractivity contribution < 1.29 is 9.21 Å². The van der Waals surface area contributed by atoms with Crippen LogP contribution in [0.5, 0.6) is 0 Å². The molecule has 1 fully saturated rings. The Morgan fingerprint density at radius 2 is 2.03 bits per heavy atom. The van der Waals surface area contributed by atoms with Gasteiger partial charge in [0.15, 0.2) is 11.4 Å². The summed E-state index contributed by atoms with van der Waals surface area (Å²) in [7, 11) is 1.84. The molecular formula is C25H25N7O2. The standard InChI is InChI=1S/C25H25N7O2/c1-15(33)31-7-4-17(5-8-31)32-14-16(10-30-32)20-11-29-25(26-2)24-19(20)9-23(34-24)21-12-28-22-13-27-6-3-18(21)22/h3,6,9-14,17,28H,4-5,7-8H2,1-2H3,(H,26,29). The topological polar surface area (TPSA) is 105 Å². The summed E-state index contributed by atoms with van der Waals surface area (Å²) in [5.74, 6) is 1.60. The normalized spacial score (nSPS) is 14.8. The average molecular weight is 456 g/mol. The maximum atomic E-state index is 11.6. The van der Waals surface area contributed by atoms with Gasteiger partial charge in [0.1, 0.15) is 5.76 Å². The van der Waals surface area contributed by atoms with E-state index in [-0.39, 0.29) is 11.9 Å². The number of carbonyl (C=O) groups is 1. The molecule has 0 radical (unpaired) electrons. The Balaban J connectivity index is 1.39. The maximum Gasteiger partial charge on any atom is 0.219 e. The van der Waals surface area contributed by atoms with E-state index in [2.05, 4.69) is 37.6 Å². The molecule has 0 saturated carbocycles. The molecule has 0 spiro atoms. The van der Waals surface area contributed by atoms with Crippen molar-refractivity contribution in [1.82, 2.24) is 29.6 Å². The van der Waals surface area contributed by atoms with Gasteiger partial charge in [-0.3, -0.25) is 14.5 Å². The third kappa shape index (κ3) is 3.32. The van der Waals surface area contributed by atoms with Crippen LogP contribution in [0.3, 0.4) is 0 Å². The van der Waals surface area contributed by atoms with Crippen LogP contribution in [-0.2, 0) is 4.79 Å². The Hall–Kier alpha value is -4.14. The number of H-pyrrole nitrogens is 1. The summed E-state index contributed by atoms with van der Waals surface area (Å²) in [6.45, 7) is 3.16. The number of aromatic nitrogens is 5. The van der Waals surface area contributed by atoms with Gasteiger partial charge in [0.25, 0.3) is 0 Å². The third-order valence-electron chi connectivity index (χ3n) is 6.74. The predicted molar refractivity (Wildman–Crippen MR) is 130 cm³/mol. The first kappa shape index (κ1) is 20.5. The van der Waals surface area contributed by atoms with E-state index < -0.39 is 0 Å². The summed E-state index contributed by atoms with van der Waals surface area (Å²) in [4.78, 5) is 25.6. The zero-order valence-corrected chi connectivity index (χ0v) is 19.1. The lowest BCUT2D eigenvalue weighted by atomic mass is 10.0. The van der Waals surface area contributed by atoms with E-state index in [1.54, 1.807) is 13.1 Å². The Bertz CT molecular complexity index is 1500. The van der Waals surface area contributed by atoms with Crippen molar-refractivity contribution in [3.05, 3.63) is 49.3 Å². The fraction of sp³-hybridized carbons (Fsp3) is 0.280. The highest BCUT2D eigenvalue weighted by Gasteiger charge is 2.23. The first-order valence-corrected chi connectivity index (χ1v) is 11.4. The Morgan fingerprint density at radius 1 is 1.18 bits per heavy atom. The van der Waals surface area contributed by atoms with Crippen LogP contribution >= 0.6 is 0 Å². The summed E-state index contributed by atoms with van der Waals surface area (Å²) in [5.41, 5.74) is 4.61. The minimum absolute atomic E-state index is 0.139. The van der Waals surface area contributed by atoms with Crippen LogP contribution in [0.1, 0.15) is 25.8 Å². The lowest BCUT2D eigenvalue weighted by molar-refractivity contribution is -0.130. The van der Waals surface area contributed by atoms with E-state index >= 15 is 0 Å². The van der Waals surface area contributed by atoms with Crippen LogP contribution in [0.4, 0.5) is 5.82 Å². The van der Waals surface area contributed by atoms with E-state index in [0.717, 1.165) is 64.7 Å². The molecular weight excluding hydrogens is 430 g/mol. The zero-order valence-electron chi connectivity index (χ0n) is 19.1. The van der Waals surface area contributed by atoms with Crippen molar-refractivity contribution in [2.75, 3.05) is 25.5 Å². The minimum Gasteiger partial charge on any atom is -0.452 e. The molecule has 34 heavy (non-hydrogen) atoms. The number of piperidine rings is 1. The lowest BCUT2D eigenvalue weighted by Crippen LogP contribution is -2.37. The van der Waals surface area contributed by atoms with Gasteiger partial charge in [-0.1, -0.05) is 0 Å². The number of hydrogen-bond donors (Lipinski definition) is 2. The summed E-state index contributed by atoms with van der Waals surface area (Å²) in [6.07, 6.45) is 13.2. The highest BCUT2D eigenvalue weighted by atomic mass is 16.3. The molecule has 1 amide bonds. The first-order chi connectivity index (χ1) is 16.6. The second-order valence-corrected chi connectivity index (χ2v) is 8.69. The number of anilines is 1. The minimum atomic E-state index is 0.139. The number of hydrogen-bond acceptors (Lipinski definition) is 6. The summed E-state index contributed by atoms with van der Waals surface area (Å²) >= 11 is 0. The average Bonchev–Trinajstić information content (AvgIpc) is 3.61. The molecule has 0 unspecified atom stereocenters. The first-order valence-electron chi connectivity index (χ1n) is 11.4. The highest BCUT2D eigenvalue weighted by molar-refractivity contribution is 6.03. The molecule has 1 saturated heterocycles. The predicted octanol–water partition coefficient (Wildman–Crippen LogP) is 4.46. The van der Waals surface area contributed by atoms with Crippen molar-refractivity contribution in [2.45, 2.75) is 25.8 Å². The largest absolute Gasteiger partial charge is 0.452 e. The maximum absolute atomic E-state index is 11.6. The van der Waals surface area contributed by atoms with Crippen LogP contribution in [-0.4, -0.2) is 55.7 Å². The molecule has 0 aromatic carbocycles. The number of nitrogens with zero attached hydrogens (tertiary/aromatic N) is 5. The molecule has 1 aliphatic heterocycles. The molecule has 172 valence electrons. The third-order valence-corrected chi connectivity index (χ3v) is 6.74. The number of carbonyl (C=O) groups excluding carboxylic acids is 1. The number of pyridine rings is 2. The number of aromatic amines is 1. The summed E-state index contributed by atoms with van der Waals surface area (Å²) < 4.78 is 8.36. The SMILES string of the molecule is CNc1ncc(-c2cnn(C3CCN(C(C)=O)CC3)c2)c2cc(-c3c[nH]c4cnccc34)oc12. The molecule has 0 atom stereocenters. The van der Waals surface area contributed by atoms with Crippen LogP contribution < -0.4 is 5.32 Å². The number of rotatable bonds is 4. The van der Waals surface area contributed by atoms with E-state index in [4.69, 9.17) is 4.42 Å². The molecule has 6 rings (SSSR count). The van der Waals surface area contributed by atoms with E-state index in [1.165, 1.54) is 0 Å². The number of fused-ring (bicyclic) bond motifs is 2. The van der Waals surface area contributed by atoms with E-state index in [9.17, 15) is 4.79 Å². The Morgan fingerprint density at radius 3 is 2.82 bits per heavy atom. The Kier molecular flexibility index (Phi) is 4.83. The van der Waals surface area contributed by atoms with Crippen LogP contribution in [0.25, 0.3) is 44.3 Å². The highest BCUT2D eigenvalue weighted by Crippen LogP contribution is 2.39. The smallest absolute Gasteiger partial charge is 0.219 e. The summed E-state index contributed by atoms with van der Waals surface area (Å²) in [6, 6.07) is 4.33. The number of likely N-dealkylation sites (tertiary alicyclic amines) is 1. The molecule has 0 bridgehead atoms. The van der Waals surface area contributed by atoms with Crippen molar-refractivity contribution in [2.24, 2.45) is 0 Å². The van der Waals surface area contributed by atoms with Crippen molar-refractivity contribution >= 4 is 33.6 Å². The van der Waals surface area contributed by atoms with E-state index in [1.807, 2.05) is 47.5 Å². The van der Waals surface area contributed by atoms with Gasteiger partial charge in [0, 0.05) is 79.3 Å². The molecule has 5 aromatic heterocycles. The number of nitrogens with one attached hydrogen (secondary N) is 2. The molecule has 1 aliphatic rings. The zero-order chi connectivity index (χ0) is 23.2. The molecule has 2 N–H and O–H groups in total. The Labute approximate surface area is 195 Å².